The molecule has 0 spiro atoms. The summed E-state index contributed by atoms with van der Waals surface area (Å²) in [6.07, 6.45) is 0. The van der Waals surface area contributed by atoms with Crippen LogP contribution in [0.5, 0.6) is 11.5 Å². The van der Waals surface area contributed by atoms with E-state index in [0.717, 1.165) is 12.3 Å². The molecule has 0 bridgehead atoms. The quantitative estimate of drug-likeness (QED) is 0.775. The molecule has 0 radical (unpaired) electrons. The SMILES string of the molecule is CC(C)(C)c1ccc([C@@H]2SCCN2C(=O)c2ccc3c(c2)OCO3)cc1. The molecule has 0 N–H and O–H groups in total. The van der Waals surface area contributed by atoms with Crippen LogP contribution in [0.2, 0.25) is 0 Å². The molecule has 136 valence electrons. The molecule has 1 fully saturated rings. The first-order chi connectivity index (χ1) is 12.4. The first-order valence-electron chi connectivity index (χ1n) is 8.86. The molecule has 0 unspecified atom stereocenters. The minimum absolute atomic E-state index is 0.0400. The van der Waals surface area contributed by atoms with Gasteiger partial charge in [-0.3, -0.25) is 4.79 Å². The van der Waals surface area contributed by atoms with Crippen LogP contribution in [0.15, 0.2) is 42.5 Å². The van der Waals surface area contributed by atoms with Gasteiger partial charge in [0.25, 0.3) is 5.91 Å². The summed E-state index contributed by atoms with van der Waals surface area (Å²) in [6, 6.07) is 14.1. The van der Waals surface area contributed by atoms with Crippen molar-refractivity contribution in [2.45, 2.75) is 31.6 Å². The summed E-state index contributed by atoms with van der Waals surface area (Å²) in [4.78, 5) is 15.0. The molecule has 0 aromatic heterocycles. The van der Waals surface area contributed by atoms with Gasteiger partial charge in [-0.15, -0.1) is 11.8 Å². The Hall–Kier alpha value is -2.14. The van der Waals surface area contributed by atoms with Crippen molar-refractivity contribution in [2.24, 2.45) is 0 Å². The molecule has 1 atom stereocenters. The van der Waals surface area contributed by atoms with Gasteiger partial charge in [0.1, 0.15) is 5.37 Å². The fourth-order valence-electron chi connectivity index (χ4n) is 3.30. The standard InChI is InChI=1S/C21H23NO3S/c1-21(2,3)16-7-4-14(5-8-16)20-22(10-11-26-20)19(23)15-6-9-17-18(12-15)25-13-24-17/h4-9,12,20H,10-11,13H2,1-3H3/t20-/m0/s1. The number of carbonyl (C=O) groups is 1. The minimum Gasteiger partial charge on any atom is -0.454 e. The van der Waals surface area contributed by atoms with Crippen LogP contribution >= 0.6 is 11.8 Å². The Morgan fingerprint density at radius 2 is 1.81 bits per heavy atom. The van der Waals surface area contributed by atoms with Gasteiger partial charge < -0.3 is 14.4 Å². The van der Waals surface area contributed by atoms with Crippen LogP contribution in [0.1, 0.15) is 47.6 Å². The molecule has 2 aromatic rings. The summed E-state index contributed by atoms with van der Waals surface area (Å²) in [7, 11) is 0. The van der Waals surface area contributed by atoms with Crippen molar-refractivity contribution in [3.63, 3.8) is 0 Å². The van der Waals surface area contributed by atoms with Gasteiger partial charge in [-0.2, -0.15) is 0 Å². The zero-order chi connectivity index (χ0) is 18.3. The Labute approximate surface area is 158 Å². The Balaban J connectivity index is 1.57. The van der Waals surface area contributed by atoms with Crippen LogP contribution in [0.4, 0.5) is 0 Å². The molecule has 0 aliphatic carbocycles. The zero-order valence-corrected chi connectivity index (χ0v) is 16.1. The molecular formula is C21H23NO3S. The van der Waals surface area contributed by atoms with Crippen molar-refractivity contribution < 1.29 is 14.3 Å². The summed E-state index contributed by atoms with van der Waals surface area (Å²) < 4.78 is 10.7. The van der Waals surface area contributed by atoms with E-state index in [-0.39, 0.29) is 23.5 Å². The number of nitrogens with zero attached hydrogens (tertiary/aromatic N) is 1. The molecule has 0 saturated carbocycles. The van der Waals surface area contributed by atoms with E-state index >= 15 is 0 Å². The first-order valence-corrected chi connectivity index (χ1v) is 9.91. The third-order valence-electron chi connectivity index (χ3n) is 4.83. The second kappa shape index (κ2) is 6.54. The van der Waals surface area contributed by atoms with Gasteiger partial charge in [0.05, 0.1) is 0 Å². The largest absolute Gasteiger partial charge is 0.454 e. The highest BCUT2D eigenvalue weighted by atomic mass is 32.2. The van der Waals surface area contributed by atoms with Crippen molar-refractivity contribution in [2.75, 3.05) is 19.1 Å². The molecule has 4 rings (SSSR count). The van der Waals surface area contributed by atoms with Gasteiger partial charge >= 0.3 is 0 Å². The van der Waals surface area contributed by atoms with Gasteiger partial charge in [-0.25, -0.2) is 0 Å². The number of carbonyl (C=O) groups excluding carboxylic acids is 1. The Kier molecular flexibility index (Phi) is 4.35. The lowest BCUT2D eigenvalue weighted by Crippen LogP contribution is -2.30. The number of thioether (sulfide) groups is 1. The molecule has 2 aromatic carbocycles. The van der Waals surface area contributed by atoms with Gasteiger partial charge in [0, 0.05) is 17.9 Å². The molecule has 2 heterocycles. The molecule has 1 saturated heterocycles. The predicted octanol–water partition coefficient (Wildman–Crippen LogP) is 4.60. The maximum atomic E-state index is 13.1. The van der Waals surface area contributed by atoms with Gasteiger partial charge in [-0.05, 0) is 34.7 Å². The second-order valence-electron chi connectivity index (χ2n) is 7.66. The number of benzene rings is 2. The van der Waals surface area contributed by atoms with E-state index in [4.69, 9.17) is 9.47 Å². The van der Waals surface area contributed by atoms with E-state index in [1.165, 1.54) is 11.1 Å². The van der Waals surface area contributed by atoms with E-state index in [2.05, 4.69) is 45.0 Å². The van der Waals surface area contributed by atoms with Crippen LogP contribution in [0.25, 0.3) is 0 Å². The highest BCUT2D eigenvalue weighted by molar-refractivity contribution is 7.99. The van der Waals surface area contributed by atoms with Gasteiger partial charge in [-0.1, -0.05) is 45.0 Å². The Morgan fingerprint density at radius 3 is 2.54 bits per heavy atom. The normalized spacial score (nSPS) is 19.0. The number of ether oxygens (including phenoxy) is 2. The van der Waals surface area contributed by atoms with Crippen LogP contribution in [0.3, 0.4) is 0 Å². The monoisotopic (exact) mass is 369 g/mol. The highest BCUT2D eigenvalue weighted by Gasteiger charge is 2.32. The smallest absolute Gasteiger partial charge is 0.255 e. The van der Waals surface area contributed by atoms with Crippen molar-refractivity contribution in [3.8, 4) is 11.5 Å². The van der Waals surface area contributed by atoms with Crippen molar-refractivity contribution in [1.29, 1.82) is 0 Å². The Bertz CT molecular complexity index is 826. The second-order valence-corrected chi connectivity index (χ2v) is 8.85. The van der Waals surface area contributed by atoms with Crippen LogP contribution in [0, 0.1) is 0 Å². The summed E-state index contributed by atoms with van der Waals surface area (Å²) >= 11 is 1.81. The summed E-state index contributed by atoms with van der Waals surface area (Å²) in [5.74, 6) is 2.33. The number of hydrogen-bond acceptors (Lipinski definition) is 4. The predicted molar refractivity (Wildman–Crippen MR) is 104 cm³/mol. The molecule has 1 amide bonds. The van der Waals surface area contributed by atoms with E-state index in [9.17, 15) is 4.79 Å². The summed E-state index contributed by atoms with van der Waals surface area (Å²) in [5.41, 5.74) is 3.25. The zero-order valence-electron chi connectivity index (χ0n) is 15.3. The van der Waals surface area contributed by atoms with Crippen molar-refractivity contribution in [3.05, 3.63) is 59.2 Å². The van der Waals surface area contributed by atoms with Crippen LogP contribution in [-0.2, 0) is 5.41 Å². The number of amides is 1. The number of rotatable bonds is 2. The maximum Gasteiger partial charge on any atom is 0.255 e. The topological polar surface area (TPSA) is 38.8 Å². The fraction of sp³-hybridized carbons (Fsp3) is 0.381. The average Bonchev–Trinajstić information content (AvgIpc) is 3.29. The summed E-state index contributed by atoms with van der Waals surface area (Å²) in [6.45, 7) is 7.60. The molecule has 4 nitrogen and oxygen atoms in total. The fourth-order valence-corrected chi connectivity index (χ4v) is 4.55. The highest BCUT2D eigenvalue weighted by Crippen LogP contribution is 2.40. The van der Waals surface area contributed by atoms with Crippen LogP contribution in [-0.4, -0.2) is 29.9 Å². The molecule has 26 heavy (non-hydrogen) atoms. The molecule has 2 aliphatic rings. The van der Waals surface area contributed by atoms with E-state index < -0.39 is 0 Å². The maximum absolute atomic E-state index is 13.1. The first kappa shape index (κ1) is 17.3. The third kappa shape index (κ3) is 3.16. The number of fused-ring (bicyclic) bond motifs is 1. The third-order valence-corrected chi connectivity index (χ3v) is 6.09. The van der Waals surface area contributed by atoms with E-state index in [0.29, 0.717) is 17.1 Å². The van der Waals surface area contributed by atoms with Crippen LogP contribution < -0.4 is 9.47 Å². The Morgan fingerprint density at radius 1 is 1.08 bits per heavy atom. The lowest BCUT2D eigenvalue weighted by atomic mass is 9.86. The van der Waals surface area contributed by atoms with Crippen molar-refractivity contribution >= 4 is 17.7 Å². The molecule has 5 heteroatoms. The van der Waals surface area contributed by atoms with Gasteiger partial charge in [0.15, 0.2) is 11.5 Å². The number of hydrogen-bond donors (Lipinski definition) is 0. The summed E-state index contributed by atoms with van der Waals surface area (Å²) in [5, 5.41) is 0.0574. The van der Waals surface area contributed by atoms with Crippen molar-refractivity contribution in [1.82, 2.24) is 4.90 Å². The van der Waals surface area contributed by atoms with Gasteiger partial charge in [0.2, 0.25) is 6.79 Å². The molecule has 2 aliphatic heterocycles. The lowest BCUT2D eigenvalue weighted by molar-refractivity contribution is 0.0760. The lowest BCUT2D eigenvalue weighted by Gasteiger charge is -2.25. The molecular weight excluding hydrogens is 346 g/mol. The van der Waals surface area contributed by atoms with E-state index in [1.807, 2.05) is 28.8 Å². The van der Waals surface area contributed by atoms with E-state index in [1.54, 1.807) is 6.07 Å². The average molecular weight is 369 g/mol. The minimum atomic E-state index is 0.0400.